The van der Waals surface area contributed by atoms with Crippen LogP contribution < -0.4 is 5.32 Å². The summed E-state index contributed by atoms with van der Waals surface area (Å²) in [4.78, 5) is 0. The second kappa shape index (κ2) is 4.15. The smallest absolute Gasteiger partial charge is 0.313 e. The molecule has 1 nitrogen and oxygen atoms in total. The molecule has 0 aromatic rings. The fourth-order valence-electron chi connectivity index (χ4n) is 4.46. The van der Waals surface area contributed by atoms with Crippen LogP contribution in [0.3, 0.4) is 0 Å². The van der Waals surface area contributed by atoms with Crippen molar-refractivity contribution in [3.05, 3.63) is 0 Å². The first kappa shape index (κ1) is 11.8. The van der Waals surface area contributed by atoms with Crippen LogP contribution in [0.15, 0.2) is 0 Å². The van der Waals surface area contributed by atoms with Crippen LogP contribution in [0.2, 0.25) is 0 Å². The molecule has 1 aliphatic heterocycles. The Morgan fingerprint density at radius 1 is 1.00 bits per heavy atom. The molecule has 1 N–H and O–H groups in total. The van der Waals surface area contributed by atoms with Crippen LogP contribution in [0.4, 0.5) is 13.2 Å². The Labute approximate surface area is 100 Å². The summed E-state index contributed by atoms with van der Waals surface area (Å²) in [6.07, 6.45) is 1.63. The normalized spacial score (nSPS) is 46.4. The van der Waals surface area contributed by atoms with E-state index in [1.807, 2.05) is 0 Å². The molecule has 17 heavy (non-hydrogen) atoms. The monoisotopic (exact) mass is 247 g/mol. The quantitative estimate of drug-likeness (QED) is 0.749. The van der Waals surface area contributed by atoms with Gasteiger partial charge >= 0.3 is 6.18 Å². The van der Waals surface area contributed by atoms with E-state index in [9.17, 15) is 13.2 Å². The summed E-state index contributed by atoms with van der Waals surface area (Å²) >= 11 is 0. The molecule has 0 radical (unpaired) electrons. The Morgan fingerprint density at radius 3 is 2.41 bits per heavy atom. The molecule has 5 atom stereocenters. The van der Waals surface area contributed by atoms with Crippen molar-refractivity contribution in [2.45, 2.75) is 50.7 Å². The van der Waals surface area contributed by atoms with Gasteiger partial charge in [-0.25, -0.2) is 0 Å². The molecule has 5 unspecified atom stereocenters. The molecule has 0 amide bonds. The molecule has 4 heteroatoms. The van der Waals surface area contributed by atoms with E-state index in [1.165, 1.54) is 12.8 Å². The third-order valence-electron chi connectivity index (χ3n) is 5.18. The van der Waals surface area contributed by atoms with Gasteiger partial charge in [0, 0.05) is 6.04 Å². The van der Waals surface area contributed by atoms with Crippen molar-refractivity contribution < 1.29 is 13.2 Å². The van der Waals surface area contributed by atoms with Crippen LogP contribution in [0.1, 0.15) is 38.5 Å². The maximum Gasteiger partial charge on any atom is 0.393 e. The van der Waals surface area contributed by atoms with E-state index in [2.05, 4.69) is 5.32 Å². The molecule has 1 heterocycles. The van der Waals surface area contributed by atoms with Crippen LogP contribution in [0.25, 0.3) is 0 Å². The molecule has 2 aliphatic carbocycles. The summed E-state index contributed by atoms with van der Waals surface area (Å²) in [6.45, 7) is 0.769. The first-order valence-corrected chi connectivity index (χ1v) is 6.86. The van der Waals surface area contributed by atoms with E-state index in [1.54, 1.807) is 0 Å². The highest BCUT2D eigenvalue weighted by atomic mass is 19.4. The predicted octanol–water partition coefficient (Wildman–Crippen LogP) is 3.35. The van der Waals surface area contributed by atoms with Gasteiger partial charge in [0.1, 0.15) is 0 Å². The van der Waals surface area contributed by atoms with Crippen molar-refractivity contribution in [2.75, 3.05) is 6.54 Å². The number of hydrogen-bond acceptors (Lipinski definition) is 1. The summed E-state index contributed by atoms with van der Waals surface area (Å²) in [5, 5.41) is 3.18. The van der Waals surface area contributed by atoms with Gasteiger partial charge in [0.15, 0.2) is 0 Å². The molecule has 3 aliphatic rings. The first-order valence-electron chi connectivity index (χ1n) is 6.86. The standard InChI is InChI=1S/C13H20F3N/c14-13(15,16)11-2-1-5-17-12(11)10-7-8-3-4-9(10)6-8/h8-12,17H,1-7H2. The molecular formula is C13H20F3N. The van der Waals surface area contributed by atoms with Gasteiger partial charge < -0.3 is 5.32 Å². The zero-order valence-corrected chi connectivity index (χ0v) is 9.97. The second-order valence-electron chi connectivity index (χ2n) is 6.11. The molecule has 2 bridgehead atoms. The third kappa shape index (κ3) is 2.09. The summed E-state index contributed by atoms with van der Waals surface area (Å²) in [5.74, 6) is 0.490. The highest BCUT2D eigenvalue weighted by Gasteiger charge is 2.52. The zero-order chi connectivity index (χ0) is 12.0. The van der Waals surface area contributed by atoms with Gasteiger partial charge in [-0.1, -0.05) is 6.42 Å². The van der Waals surface area contributed by atoms with Gasteiger partial charge in [0.2, 0.25) is 0 Å². The van der Waals surface area contributed by atoms with Crippen LogP contribution in [-0.2, 0) is 0 Å². The fourth-order valence-corrected chi connectivity index (χ4v) is 4.46. The molecule has 3 fully saturated rings. The number of fused-ring (bicyclic) bond motifs is 2. The lowest BCUT2D eigenvalue weighted by atomic mass is 9.75. The lowest BCUT2D eigenvalue weighted by Gasteiger charge is -2.40. The maximum absolute atomic E-state index is 13.0. The minimum absolute atomic E-state index is 0.292. The van der Waals surface area contributed by atoms with Crippen molar-refractivity contribution in [3.8, 4) is 0 Å². The van der Waals surface area contributed by atoms with Gasteiger partial charge in [-0.3, -0.25) is 0 Å². The summed E-state index contributed by atoms with van der Waals surface area (Å²) in [7, 11) is 0. The van der Waals surface area contributed by atoms with E-state index in [0.29, 0.717) is 24.7 Å². The van der Waals surface area contributed by atoms with E-state index < -0.39 is 12.1 Å². The number of nitrogens with one attached hydrogen (secondary N) is 1. The predicted molar refractivity (Wildman–Crippen MR) is 59.5 cm³/mol. The van der Waals surface area contributed by atoms with Crippen molar-refractivity contribution in [1.29, 1.82) is 0 Å². The van der Waals surface area contributed by atoms with Crippen LogP contribution in [0.5, 0.6) is 0 Å². The molecule has 2 saturated carbocycles. The van der Waals surface area contributed by atoms with Gasteiger partial charge in [-0.05, 0) is 56.4 Å². The molecule has 0 spiro atoms. The summed E-state index contributed by atoms with van der Waals surface area (Å²) in [5.41, 5.74) is 0. The molecular weight excluding hydrogens is 227 g/mol. The van der Waals surface area contributed by atoms with E-state index in [0.717, 1.165) is 25.3 Å². The Hall–Kier alpha value is -0.250. The SMILES string of the molecule is FC(F)(F)C1CCCNC1C1CC2CCC1C2. The average Bonchev–Trinajstić information content (AvgIpc) is 2.89. The van der Waals surface area contributed by atoms with Crippen molar-refractivity contribution in [2.24, 2.45) is 23.7 Å². The number of rotatable bonds is 1. The van der Waals surface area contributed by atoms with Gasteiger partial charge in [0.25, 0.3) is 0 Å². The number of halogens is 3. The summed E-state index contributed by atoms with van der Waals surface area (Å²) in [6, 6.07) is -0.293. The van der Waals surface area contributed by atoms with Gasteiger partial charge in [-0.15, -0.1) is 0 Å². The topological polar surface area (TPSA) is 12.0 Å². The molecule has 1 saturated heterocycles. The minimum atomic E-state index is -4.01. The van der Waals surface area contributed by atoms with Crippen LogP contribution in [0, 0.1) is 23.7 Å². The molecule has 0 aromatic carbocycles. The van der Waals surface area contributed by atoms with Crippen molar-refractivity contribution in [1.82, 2.24) is 5.32 Å². The largest absolute Gasteiger partial charge is 0.393 e. The average molecular weight is 247 g/mol. The van der Waals surface area contributed by atoms with Crippen LogP contribution in [-0.4, -0.2) is 18.8 Å². The Kier molecular flexibility index (Phi) is 2.88. The third-order valence-corrected chi connectivity index (χ3v) is 5.18. The fraction of sp³-hybridized carbons (Fsp3) is 1.00. The van der Waals surface area contributed by atoms with Gasteiger partial charge in [0.05, 0.1) is 5.92 Å². The van der Waals surface area contributed by atoms with E-state index >= 15 is 0 Å². The first-order chi connectivity index (χ1) is 8.05. The Bertz CT molecular complexity index is 289. The van der Waals surface area contributed by atoms with Crippen LogP contribution >= 0.6 is 0 Å². The lowest BCUT2D eigenvalue weighted by Crippen LogP contribution is -2.52. The summed E-state index contributed by atoms with van der Waals surface area (Å²) < 4.78 is 39.1. The Balaban J connectivity index is 1.75. The minimum Gasteiger partial charge on any atom is -0.313 e. The second-order valence-corrected chi connectivity index (χ2v) is 6.11. The van der Waals surface area contributed by atoms with E-state index in [4.69, 9.17) is 0 Å². The molecule has 3 rings (SSSR count). The molecule has 0 aromatic heterocycles. The highest BCUT2D eigenvalue weighted by Crippen LogP contribution is 2.52. The zero-order valence-electron chi connectivity index (χ0n) is 9.97. The highest BCUT2D eigenvalue weighted by molar-refractivity contribution is 4.99. The number of alkyl halides is 3. The Morgan fingerprint density at radius 2 is 1.82 bits per heavy atom. The lowest BCUT2D eigenvalue weighted by molar-refractivity contribution is -0.194. The number of hydrogen-bond donors (Lipinski definition) is 1. The maximum atomic E-state index is 13.0. The van der Waals surface area contributed by atoms with Gasteiger partial charge in [-0.2, -0.15) is 13.2 Å². The van der Waals surface area contributed by atoms with E-state index in [-0.39, 0.29) is 6.04 Å². The van der Waals surface area contributed by atoms with Crippen molar-refractivity contribution in [3.63, 3.8) is 0 Å². The number of piperidine rings is 1. The molecule has 98 valence electrons. The van der Waals surface area contributed by atoms with Crippen molar-refractivity contribution >= 4 is 0 Å².